The highest BCUT2D eigenvalue weighted by Gasteiger charge is 2.15. The molecule has 2 rings (SSSR count). The Morgan fingerprint density at radius 1 is 1.37 bits per heavy atom. The van der Waals surface area contributed by atoms with Gasteiger partial charge in [-0.2, -0.15) is 0 Å². The molecule has 19 heavy (non-hydrogen) atoms. The van der Waals surface area contributed by atoms with E-state index in [1.165, 1.54) is 25.4 Å². The van der Waals surface area contributed by atoms with Crippen LogP contribution in [0.1, 0.15) is 20.8 Å². The van der Waals surface area contributed by atoms with Crippen LogP contribution in [0.2, 0.25) is 0 Å². The monoisotopic (exact) mass is 259 g/mol. The van der Waals surface area contributed by atoms with Gasteiger partial charge in [-0.15, -0.1) is 0 Å². The second-order valence-corrected chi connectivity index (χ2v) is 3.75. The minimum atomic E-state index is -0.646. The number of aromatic nitrogens is 1. The molecular formula is C14H10FNO3. The van der Waals surface area contributed by atoms with E-state index in [1.54, 1.807) is 18.2 Å². The Kier molecular flexibility index (Phi) is 3.66. The molecule has 0 aliphatic rings. The third-order valence-electron chi connectivity index (χ3n) is 2.62. The Morgan fingerprint density at radius 3 is 2.79 bits per heavy atom. The minimum Gasteiger partial charge on any atom is -0.464 e. The maximum atomic E-state index is 13.6. The molecule has 0 aliphatic heterocycles. The number of methoxy groups -OCH3 is 1. The zero-order valence-corrected chi connectivity index (χ0v) is 10.1. The third kappa shape index (κ3) is 2.49. The smallest absolute Gasteiger partial charge is 0.357 e. The number of nitrogens with zero attached hydrogens (tertiary/aromatic N) is 1. The Balaban J connectivity index is 2.56. The molecule has 0 N–H and O–H groups in total. The van der Waals surface area contributed by atoms with Crippen molar-refractivity contribution in [1.29, 1.82) is 0 Å². The average molecular weight is 259 g/mol. The fourth-order valence-electron chi connectivity index (χ4n) is 1.69. The number of carbonyl (C=O) groups excluding carboxylic acids is 2. The van der Waals surface area contributed by atoms with E-state index in [9.17, 15) is 14.0 Å². The average Bonchev–Trinajstić information content (AvgIpc) is 2.46. The standard InChI is InChI=1S/C14H10FNO3/c1-19-14(18)13-11(3-2-6-16-13)9-4-5-10(8-17)12(15)7-9/h2-8H,1H3. The number of hydrogen-bond donors (Lipinski definition) is 0. The van der Waals surface area contributed by atoms with E-state index in [2.05, 4.69) is 9.72 Å². The highest BCUT2D eigenvalue weighted by molar-refractivity contribution is 5.95. The summed E-state index contributed by atoms with van der Waals surface area (Å²) >= 11 is 0. The Hall–Kier alpha value is -2.56. The normalized spacial score (nSPS) is 10.0. The number of carbonyl (C=O) groups is 2. The molecule has 0 spiro atoms. The van der Waals surface area contributed by atoms with Gasteiger partial charge in [-0.25, -0.2) is 14.2 Å². The summed E-state index contributed by atoms with van der Waals surface area (Å²) in [5.41, 5.74) is 0.970. The van der Waals surface area contributed by atoms with Crippen LogP contribution in [0.4, 0.5) is 4.39 Å². The zero-order valence-electron chi connectivity index (χ0n) is 10.1. The molecule has 1 aromatic carbocycles. The van der Waals surface area contributed by atoms with Gasteiger partial charge < -0.3 is 4.74 Å². The number of benzene rings is 1. The molecule has 0 radical (unpaired) electrons. The lowest BCUT2D eigenvalue weighted by atomic mass is 10.0. The van der Waals surface area contributed by atoms with Crippen LogP contribution in [0.25, 0.3) is 11.1 Å². The summed E-state index contributed by atoms with van der Waals surface area (Å²) in [6.07, 6.45) is 1.88. The Morgan fingerprint density at radius 2 is 2.16 bits per heavy atom. The van der Waals surface area contributed by atoms with E-state index in [0.717, 1.165) is 0 Å². The fraction of sp³-hybridized carbons (Fsp3) is 0.0714. The molecule has 0 atom stereocenters. The highest BCUT2D eigenvalue weighted by atomic mass is 19.1. The van der Waals surface area contributed by atoms with Gasteiger partial charge in [-0.3, -0.25) is 4.79 Å². The maximum Gasteiger partial charge on any atom is 0.357 e. The van der Waals surface area contributed by atoms with Crippen LogP contribution in [0.3, 0.4) is 0 Å². The SMILES string of the molecule is COC(=O)c1ncccc1-c1ccc(C=O)c(F)c1. The Labute approximate surface area is 108 Å². The lowest BCUT2D eigenvalue weighted by Crippen LogP contribution is -2.06. The van der Waals surface area contributed by atoms with E-state index in [1.807, 2.05) is 0 Å². The van der Waals surface area contributed by atoms with Gasteiger partial charge in [0.25, 0.3) is 0 Å². The molecule has 96 valence electrons. The van der Waals surface area contributed by atoms with Crippen molar-refractivity contribution in [1.82, 2.24) is 4.98 Å². The van der Waals surface area contributed by atoms with Crippen molar-refractivity contribution < 1.29 is 18.7 Å². The van der Waals surface area contributed by atoms with Crippen molar-refractivity contribution in [3.63, 3.8) is 0 Å². The van der Waals surface area contributed by atoms with E-state index in [0.29, 0.717) is 17.4 Å². The quantitative estimate of drug-likeness (QED) is 0.627. The van der Waals surface area contributed by atoms with Crippen LogP contribution in [0.5, 0.6) is 0 Å². The van der Waals surface area contributed by atoms with Crippen LogP contribution in [-0.2, 0) is 4.74 Å². The van der Waals surface area contributed by atoms with Crippen molar-refractivity contribution in [3.05, 3.63) is 53.6 Å². The van der Waals surface area contributed by atoms with Crippen LogP contribution in [-0.4, -0.2) is 24.3 Å². The lowest BCUT2D eigenvalue weighted by molar-refractivity contribution is 0.0595. The molecule has 1 aromatic heterocycles. The molecule has 0 unspecified atom stereocenters. The molecule has 2 aromatic rings. The van der Waals surface area contributed by atoms with Gasteiger partial charge in [-0.05, 0) is 23.8 Å². The molecule has 0 aliphatic carbocycles. The lowest BCUT2D eigenvalue weighted by Gasteiger charge is -2.07. The second-order valence-electron chi connectivity index (χ2n) is 3.75. The molecule has 0 saturated heterocycles. The first-order valence-corrected chi connectivity index (χ1v) is 5.46. The molecule has 0 fully saturated rings. The number of esters is 1. The van der Waals surface area contributed by atoms with Gasteiger partial charge in [0.05, 0.1) is 12.7 Å². The number of ether oxygens (including phenoxy) is 1. The summed E-state index contributed by atoms with van der Waals surface area (Å²) in [5, 5.41) is 0. The van der Waals surface area contributed by atoms with Crippen LogP contribution in [0.15, 0.2) is 36.5 Å². The topological polar surface area (TPSA) is 56.3 Å². The van der Waals surface area contributed by atoms with Gasteiger partial charge in [0.1, 0.15) is 5.82 Å². The van der Waals surface area contributed by atoms with Gasteiger partial charge in [-0.1, -0.05) is 12.1 Å². The molecular weight excluding hydrogens is 249 g/mol. The van der Waals surface area contributed by atoms with Crippen molar-refractivity contribution in [3.8, 4) is 11.1 Å². The molecule has 0 bridgehead atoms. The predicted molar refractivity (Wildman–Crippen MR) is 66.4 cm³/mol. The van der Waals surface area contributed by atoms with E-state index in [-0.39, 0.29) is 11.3 Å². The predicted octanol–water partition coefficient (Wildman–Crippen LogP) is 2.49. The summed E-state index contributed by atoms with van der Waals surface area (Å²) in [6, 6.07) is 7.36. The molecule has 4 nitrogen and oxygen atoms in total. The minimum absolute atomic E-state index is 0.0349. The zero-order chi connectivity index (χ0) is 13.8. The first-order chi connectivity index (χ1) is 9.17. The summed E-state index contributed by atoms with van der Waals surface area (Å²) in [6.45, 7) is 0. The first-order valence-electron chi connectivity index (χ1n) is 5.46. The number of hydrogen-bond acceptors (Lipinski definition) is 4. The summed E-state index contributed by atoms with van der Waals surface area (Å²) < 4.78 is 18.2. The van der Waals surface area contributed by atoms with Crippen molar-refractivity contribution >= 4 is 12.3 Å². The van der Waals surface area contributed by atoms with E-state index < -0.39 is 11.8 Å². The van der Waals surface area contributed by atoms with Crippen molar-refractivity contribution in [2.24, 2.45) is 0 Å². The van der Waals surface area contributed by atoms with E-state index >= 15 is 0 Å². The Bertz CT molecular complexity index is 640. The first kappa shape index (κ1) is 12.9. The highest BCUT2D eigenvalue weighted by Crippen LogP contribution is 2.24. The van der Waals surface area contributed by atoms with Crippen molar-refractivity contribution in [2.75, 3.05) is 7.11 Å². The van der Waals surface area contributed by atoms with Gasteiger partial charge in [0.15, 0.2) is 12.0 Å². The van der Waals surface area contributed by atoms with Crippen LogP contribution >= 0.6 is 0 Å². The fourth-order valence-corrected chi connectivity index (χ4v) is 1.69. The van der Waals surface area contributed by atoms with E-state index in [4.69, 9.17) is 0 Å². The third-order valence-corrected chi connectivity index (χ3v) is 2.62. The number of aldehydes is 1. The van der Waals surface area contributed by atoms with Gasteiger partial charge in [0.2, 0.25) is 0 Å². The number of halogens is 1. The summed E-state index contributed by atoms with van der Waals surface area (Å²) in [7, 11) is 1.25. The van der Waals surface area contributed by atoms with Crippen molar-refractivity contribution in [2.45, 2.75) is 0 Å². The largest absolute Gasteiger partial charge is 0.464 e. The number of rotatable bonds is 3. The second kappa shape index (κ2) is 5.39. The van der Waals surface area contributed by atoms with Crippen LogP contribution in [0, 0.1) is 5.82 Å². The number of pyridine rings is 1. The summed E-state index contributed by atoms with van der Waals surface area (Å²) in [5.74, 6) is -1.25. The summed E-state index contributed by atoms with van der Waals surface area (Å²) in [4.78, 5) is 26.1. The molecule has 5 heteroatoms. The molecule has 1 heterocycles. The van der Waals surface area contributed by atoms with Gasteiger partial charge >= 0.3 is 5.97 Å². The van der Waals surface area contributed by atoms with Gasteiger partial charge in [0, 0.05) is 11.8 Å². The maximum absolute atomic E-state index is 13.6. The molecule has 0 amide bonds. The van der Waals surface area contributed by atoms with Crippen LogP contribution < -0.4 is 0 Å². The molecule has 0 saturated carbocycles.